The highest BCUT2D eigenvalue weighted by atomic mass is 16.5. The largest absolute Gasteiger partial charge is 0.493 e. The highest BCUT2D eigenvalue weighted by molar-refractivity contribution is 5.54. The number of nitrogens with two attached hydrogens (primary N) is 1. The van der Waals surface area contributed by atoms with Crippen molar-refractivity contribution >= 4 is 0 Å². The van der Waals surface area contributed by atoms with Gasteiger partial charge < -0.3 is 19.9 Å². The number of hydrogen-bond acceptors (Lipinski definition) is 4. The summed E-state index contributed by atoms with van der Waals surface area (Å²) in [4.78, 5) is 0. The molecule has 2 N–H and O–H groups in total. The number of ether oxygens (including phenoxy) is 3. The molecule has 0 bridgehead atoms. The van der Waals surface area contributed by atoms with Gasteiger partial charge in [-0.15, -0.1) is 0 Å². The van der Waals surface area contributed by atoms with E-state index in [9.17, 15) is 0 Å². The summed E-state index contributed by atoms with van der Waals surface area (Å²) < 4.78 is 16.3. The van der Waals surface area contributed by atoms with E-state index in [0.29, 0.717) is 29.7 Å². The molecular weight excluding hydrogens is 314 g/mol. The first-order valence-corrected chi connectivity index (χ1v) is 8.62. The molecule has 2 aromatic carbocycles. The lowest BCUT2D eigenvalue weighted by Gasteiger charge is -2.19. The third-order valence-corrected chi connectivity index (χ3v) is 4.57. The minimum atomic E-state index is 0.240. The summed E-state index contributed by atoms with van der Waals surface area (Å²) >= 11 is 0. The second-order valence-electron chi connectivity index (χ2n) is 6.49. The van der Waals surface area contributed by atoms with Crippen LogP contribution in [-0.2, 0) is 6.42 Å². The van der Waals surface area contributed by atoms with Crippen LogP contribution in [0.4, 0.5) is 0 Å². The van der Waals surface area contributed by atoms with Crippen molar-refractivity contribution in [1.82, 2.24) is 0 Å². The van der Waals surface area contributed by atoms with Gasteiger partial charge in [-0.2, -0.15) is 0 Å². The van der Waals surface area contributed by atoms with Crippen LogP contribution < -0.4 is 19.9 Å². The summed E-state index contributed by atoms with van der Waals surface area (Å²) in [6.07, 6.45) is 0.814. The van der Waals surface area contributed by atoms with Crippen LogP contribution in [0.5, 0.6) is 17.2 Å². The van der Waals surface area contributed by atoms with Crippen LogP contribution in [0.3, 0.4) is 0 Å². The summed E-state index contributed by atoms with van der Waals surface area (Å²) in [5.41, 5.74) is 9.76. The van der Waals surface area contributed by atoms with Crippen LogP contribution in [0.15, 0.2) is 36.4 Å². The Morgan fingerprint density at radius 1 is 0.840 bits per heavy atom. The van der Waals surface area contributed by atoms with Crippen LogP contribution in [-0.4, -0.2) is 27.9 Å². The van der Waals surface area contributed by atoms with Crippen LogP contribution in [0.2, 0.25) is 0 Å². The van der Waals surface area contributed by atoms with Gasteiger partial charge in [0.25, 0.3) is 0 Å². The molecule has 0 saturated heterocycles. The van der Waals surface area contributed by atoms with E-state index in [1.165, 1.54) is 11.1 Å². The first kappa shape index (κ1) is 19.1. The molecule has 2 rings (SSSR count). The minimum Gasteiger partial charge on any atom is -0.493 e. The molecule has 0 aliphatic rings. The monoisotopic (exact) mass is 343 g/mol. The molecule has 0 heterocycles. The molecule has 0 aliphatic carbocycles. The Morgan fingerprint density at radius 3 is 1.76 bits per heavy atom. The molecule has 0 aliphatic heterocycles. The normalized spacial score (nSPS) is 12.1. The van der Waals surface area contributed by atoms with Gasteiger partial charge in [0, 0.05) is 5.92 Å². The molecule has 0 fully saturated rings. The van der Waals surface area contributed by atoms with Crippen LogP contribution in [0, 0.1) is 0 Å². The van der Waals surface area contributed by atoms with Gasteiger partial charge in [0.1, 0.15) is 0 Å². The SMILES string of the molecule is COc1cc(CC(CN)c2ccc(C(C)C)cc2)cc(OC)c1OC. The van der Waals surface area contributed by atoms with Crippen molar-refractivity contribution in [1.29, 1.82) is 0 Å². The topological polar surface area (TPSA) is 53.7 Å². The summed E-state index contributed by atoms with van der Waals surface area (Å²) in [5, 5.41) is 0. The standard InChI is InChI=1S/C21H29NO3/c1-14(2)16-6-8-17(9-7-16)18(13-22)10-15-11-19(23-3)21(25-5)20(12-15)24-4/h6-9,11-12,14,18H,10,13,22H2,1-5H3. The average molecular weight is 343 g/mol. The molecule has 1 atom stereocenters. The quantitative estimate of drug-likeness (QED) is 0.783. The van der Waals surface area contributed by atoms with Crippen molar-refractivity contribution in [3.8, 4) is 17.2 Å². The molecular formula is C21H29NO3. The van der Waals surface area contributed by atoms with E-state index in [1.807, 2.05) is 12.1 Å². The zero-order valence-corrected chi connectivity index (χ0v) is 15.8. The van der Waals surface area contributed by atoms with Crippen LogP contribution in [0.1, 0.15) is 42.4 Å². The summed E-state index contributed by atoms with van der Waals surface area (Å²) in [5.74, 6) is 2.72. The fourth-order valence-electron chi connectivity index (χ4n) is 3.03. The Kier molecular flexibility index (Phi) is 6.71. The fraction of sp³-hybridized carbons (Fsp3) is 0.429. The smallest absolute Gasteiger partial charge is 0.203 e. The van der Waals surface area contributed by atoms with E-state index in [1.54, 1.807) is 21.3 Å². The van der Waals surface area contributed by atoms with Crippen molar-refractivity contribution in [2.24, 2.45) is 5.73 Å². The van der Waals surface area contributed by atoms with Gasteiger partial charge in [-0.1, -0.05) is 38.1 Å². The maximum atomic E-state index is 6.06. The number of methoxy groups -OCH3 is 3. The summed E-state index contributed by atoms with van der Waals surface area (Å²) in [6.45, 7) is 4.98. The zero-order chi connectivity index (χ0) is 18.4. The van der Waals surface area contributed by atoms with Gasteiger partial charge in [0.15, 0.2) is 11.5 Å². The van der Waals surface area contributed by atoms with E-state index in [0.717, 1.165) is 12.0 Å². The van der Waals surface area contributed by atoms with E-state index in [-0.39, 0.29) is 5.92 Å². The number of rotatable bonds is 8. The Bertz CT molecular complexity index is 655. The molecule has 0 aromatic heterocycles. The number of benzene rings is 2. The average Bonchev–Trinajstić information content (AvgIpc) is 2.65. The van der Waals surface area contributed by atoms with Crippen LogP contribution >= 0.6 is 0 Å². The summed E-state index contributed by atoms with van der Waals surface area (Å²) in [6, 6.07) is 12.7. The number of hydrogen-bond donors (Lipinski definition) is 1. The van der Waals surface area contributed by atoms with Gasteiger partial charge in [-0.05, 0) is 47.7 Å². The molecule has 0 spiro atoms. The van der Waals surface area contributed by atoms with Gasteiger partial charge in [-0.25, -0.2) is 0 Å². The first-order chi connectivity index (χ1) is 12.0. The predicted octanol–water partition coefficient (Wildman–Crippen LogP) is 4.12. The maximum absolute atomic E-state index is 6.06. The molecule has 25 heavy (non-hydrogen) atoms. The molecule has 0 amide bonds. The van der Waals surface area contributed by atoms with Gasteiger partial charge >= 0.3 is 0 Å². The highest BCUT2D eigenvalue weighted by Crippen LogP contribution is 2.39. The van der Waals surface area contributed by atoms with E-state index in [4.69, 9.17) is 19.9 Å². The van der Waals surface area contributed by atoms with Crippen molar-refractivity contribution in [2.45, 2.75) is 32.1 Å². The van der Waals surface area contributed by atoms with Crippen molar-refractivity contribution < 1.29 is 14.2 Å². The Balaban J connectivity index is 2.29. The molecule has 4 heteroatoms. The van der Waals surface area contributed by atoms with Gasteiger partial charge in [-0.3, -0.25) is 0 Å². The molecule has 0 radical (unpaired) electrons. The fourth-order valence-corrected chi connectivity index (χ4v) is 3.03. The Labute approximate surface area is 150 Å². The Hall–Kier alpha value is -2.20. The second kappa shape index (κ2) is 8.77. The van der Waals surface area contributed by atoms with Crippen molar-refractivity contribution in [3.05, 3.63) is 53.1 Å². The lowest BCUT2D eigenvalue weighted by molar-refractivity contribution is 0.323. The Morgan fingerprint density at radius 2 is 1.36 bits per heavy atom. The van der Waals surface area contributed by atoms with E-state index >= 15 is 0 Å². The molecule has 4 nitrogen and oxygen atoms in total. The van der Waals surface area contributed by atoms with Crippen LogP contribution in [0.25, 0.3) is 0 Å². The second-order valence-corrected chi connectivity index (χ2v) is 6.49. The van der Waals surface area contributed by atoms with E-state index < -0.39 is 0 Å². The third kappa shape index (κ3) is 4.45. The van der Waals surface area contributed by atoms with Crippen molar-refractivity contribution in [2.75, 3.05) is 27.9 Å². The third-order valence-electron chi connectivity index (χ3n) is 4.57. The van der Waals surface area contributed by atoms with Gasteiger partial charge in [0.05, 0.1) is 21.3 Å². The maximum Gasteiger partial charge on any atom is 0.203 e. The molecule has 136 valence electrons. The molecule has 2 aromatic rings. The van der Waals surface area contributed by atoms with Gasteiger partial charge in [0.2, 0.25) is 5.75 Å². The highest BCUT2D eigenvalue weighted by Gasteiger charge is 2.17. The lowest BCUT2D eigenvalue weighted by Crippen LogP contribution is -2.15. The predicted molar refractivity (Wildman–Crippen MR) is 102 cm³/mol. The summed E-state index contributed by atoms with van der Waals surface area (Å²) in [7, 11) is 4.87. The zero-order valence-electron chi connectivity index (χ0n) is 15.8. The molecule has 0 saturated carbocycles. The van der Waals surface area contributed by atoms with E-state index in [2.05, 4.69) is 38.1 Å². The minimum absolute atomic E-state index is 0.240. The first-order valence-electron chi connectivity index (χ1n) is 8.62. The van der Waals surface area contributed by atoms with Crippen molar-refractivity contribution in [3.63, 3.8) is 0 Å². The molecule has 1 unspecified atom stereocenters. The lowest BCUT2D eigenvalue weighted by atomic mass is 9.90.